The quantitative estimate of drug-likeness (QED) is 0.842. The topological polar surface area (TPSA) is 72.9 Å². The molecule has 5 nitrogen and oxygen atoms in total. The normalized spacial score (nSPS) is 11.4. The first kappa shape index (κ1) is 19.9. The van der Waals surface area contributed by atoms with Crippen molar-refractivity contribution in [2.24, 2.45) is 11.7 Å². The Hall–Kier alpha value is -1.07. The Morgan fingerprint density at radius 2 is 1.95 bits per heavy atom. The number of carbonyl (C=O) groups is 1. The fourth-order valence-corrected chi connectivity index (χ4v) is 2.06. The molecule has 21 heavy (non-hydrogen) atoms. The number of nitrogens with zero attached hydrogens (tertiary/aromatic N) is 2. The van der Waals surface area contributed by atoms with Crippen LogP contribution in [0.5, 0.6) is 0 Å². The molecule has 0 aliphatic carbocycles. The Balaban J connectivity index is 0.00000400. The molecule has 1 amide bonds. The van der Waals surface area contributed by atoms with Gasteiger partial charge < -0.3 is 11.1 Å². The van der Waals surface area contributed by atoms with Crippen LogP contribution in [0.25, 0.3) is 0 Å². The van der Waals surface area contributed by atoms with Crippen molar-refractivity contribution in [2.75, 3.05) is 6.54 Å². The summed E-state index contributed by atoms with van der Waals surface area (Å²) in [6.45, 7) is 13.4. The average molecular weight is 317 g/mol. The van der Waals surface area contributed by atoms with Crippen LogP contribution in [0, 0.1) is 19.8 Å². The molecule has 3 N–H and O–H groups in total. The summed E-state index contributed by atoms with van der Waals surface area (Å²) in [5.74, 6) is 0.534. The Kier molecular flexibility index (Phi) is 7.40. The molecule has 0 aliphatic heterocycles. The second kappa shape index (κ2) is 7.80. The van der Waals surface area contributed by atoms with E-state index in [2.05, 4.69) is 24.3 Å². The van der Waals surface area contributed by atoms with E-state index in [1.165, 1.54) is 0 Å². The number of aryl methyl sites for hydroxylation is 1. The smallest absolute Gasteiger partial charge is 0.224 e. The molecule has 0 atom stereocenters. The maximum absolute atomic E-state index is 12.0. The second-order valence-corrected chi connectivity index (χ2v) is 6.67. The van der Waals surface area contributed by atoms with E-state index in [0.717, 1.165) is 23.5 Å². The molecule has 0 saturated heterocycles. The van der Waals surface area contributed by atoms with Crippen molar-refractivity contribution in [3.05, 3.63) is 17.0 Å². The summed E-state index contributed by atoms with van der Waals surface area (Å²) in [5, 5.41) is 7.40. The summed E-state index contributed by atoms with van der Waals surface area (Å²) in [6.07, 6.45) is 0.367. The zero-order valence-corrected chi connectivity index (χ0v) is 14.8. The first-order valence-electron chi connectivity index (χ1n) is 7.18. The van der Waals surface area contributed by atoms with Crippen LogP contribution in [0.3, 0.4) is 0 Å². The van der Waals surface area contributed by atoms with Gasteiger partial charge in [-0.25, -0.2) is 0 Å². The van der Waals surface area contributed by atoms with Gasteiger partial charge in [0, 0.05) is 29.9 Å². The molecule has 1 aromatic heterocycles. The number of hydrogen-bond donors (Lipinski definition) is 2. The van der Waals surface area contributed by atoms with Gasteiger partial charge in [-0.2, -0.15) is 5.10 Å². The Morgan fingerprint density at radius 3 is 2.43 bits per heavy atom. The molecule has 1 rings (SSSR count). The van der Waals surface area contributed by atoms with E-state index in [4.69, 9.17) is 5.73 Å². The number of amides is 1. The first-order chi connectivity index (χ1) is 9.10. The summed E-state index contributed by atoms with van der Waals surface area (Å²) in [6, 6.07) is 0. The number of nitrogens with one attached hydrogen (secondary N) is 1. The maximum Gasteiger partial charge on any atom is 0.224 e. The van der Waals surface area contributed by atoms with Gasteiger partial charge >= 0.3 is 0 Å². The lowest BCUT2D eigenvalue weighted by Crippen LogP contribution is -2.45. The highest BCUT2D eigenvalue weighted by Gasteiger charge is 2.17. The van der Waals surface area contributed by atoms with Crippen molar-refractivity contribution in [1.82, 2.24) is 15.1 Å². The van der Waals surface area contributed by atoms with Crippen molar-refractivity contribution in [3.63, 3.8) is 0 Å². The van der Waals surface area contributed by atoms with Gasteiger partial charge in [-0.15, -0.1) is 12.4 Å². The zero-order chi connectivity index (χ0) is 15.5. The van der Waals surface area contributed by atoms with Gasteiger partial charge in [0.05, 0.1) is 12.1 Å². The number of carbonyl (C=O) groups excluding carboxylic acids is 1. The molecule has 1 heterocycles. The number of rotatable bonds is 6. The van der Waals surface area contributed by atoms with Gasteiger partial charge in [-0.05, 0) is 33.6 Å². The van der Waals surface area contributed by atoms with Gasteiger partial charge in [-0.1, -0.05) is 13.8 Å². The van der Waals surface area contributed by atoms with Crippen LogP contribution in [0.15, 0.2) is 0 Å². The van der Waals surface area contributed by atoms with Crippen molar-refractivity contribution in [2.45, 2.75) is 60.0 Å². The summed E-state index contributed by atoms with van der Waals surface area (Å²) in [4.78, 5) is 12.0. The number of halogens is 1. The van der Waals surface area contributed by atoms with Crippen molar-refractivity contribution < 1.29 is 4.79 Å². The summed E-state index contributed by atoms with van der Waals surface area (Å²) in [7, 11) is 0. The van der Waals surface area contributed by atoms with Crippen LogP contribution in [-0.4, -0.2) is 27.8 Å². The van der Waals surface area contributed by atoms with Gasteiger partial charge in [0.25, 0.3) is 0 Å². The minimum atomic E-state index is -0.387. The van der Waals surface area contributed by atoms with E-state index in [1.807, 2.05) is 32.4 Å². The Bertz CT molecular complexity index is 475. The molecule has 0 fully saturated rings. The molecule has 0 spiro atoms. The Labute approximate surface area is 134 Å². The molecule has 0 radical (unpaired) electrons. The van der Waals surface area contributed by atoms with E-state index in [0.29, 0.717) is 18.9 Å². The molecule has 0 saturated carbocycles. The average Bonchev–Trinajstić information content (AvgIpc) is 2.53. The van der Waals surface area contributed by atoms with Crippen molar-refractivity contribution in [3.8, 4) is 0 Å². The SMILES string of the molecule is Cc1nn(CC(C)C)c(C)c1CC(=O)NCC(C)(C)N.Cl. The zero-order valence-electron chi connectivity index (χ0n) is 14.0. The highest BCUT2D eigenvalue weighted by molar-refractivity contribution is 5.85. The van der Waals surface area contributed by atoms with E-state index in [-0.39, 0.29) is 23.9 Å². The van der Waals surface area contributed by atoms with Crippen LogP contribution in [-0.2, 0) is 17.8 Å². The maximum atomic E-state index is 12.0. The van der Waals surface area contributed by atoms with E-state index >= 15 is 0 Å². The molecule has 122 valence electrons. The number of hydrogen-bond acceptors (Lipinski definition) is 3. The van der Waals surface area contributed by atoms with Crippen molar-refractivity contribution in [1.29, 1.82) is 0 Å². The van der Waals surface area contributed by atoms with E-state index in [1.54, 1.807) is 0 Å². The third-order valence-corrected chi connectivity index (χ3v) is 3.15. The Morgan fingerprint density at radius 1 is 1.38 bits per heavy atom. The predicted molar refractivity (Wildman–Crippen MR) is 88.8 cm³/mol. The van der Waals surface area contributed by atoms with Crippen LogP contribution in [0.2, 0.25) is 0 Å². The molecule has 1 aromatic rings. The first-order valence-corrected chi connectivity index (χ1v) is 7.18. The monoisotopic (exact) mass is 316 g/mol. The third kappa shape index (κ3) is 6.48. The molecule has 0 unspecified atom stereocenters. The molecule has 6 heteroatoms. The fourth-order valence-electron chi connectivity index (χ4n) is 2.06. The highest BCUT2D eigenvalue weighted by atomic mass is 35.5. The van der Waals surface area contributed by atoms with Crippen LogP contribution in [0.4, 0.5) is 0 Å². The molecule has 0 aliphatic rings. The van der Waals surface area contributed by atoms with Crippen LogP contribution >= 0.6 is 12.4 Å². The summed E-state index contributed by atoms with van der Waals surface area (Å²) >= 11 is 0. The molecule has 0 bridgehead atoms. The third-order valence-electron chi connectivity index (χ3n) is 3.15. The van der Waals surface area contributed by atoms with Gasteiger partial charge in [-0.3, -0.25) is 9.48 Å². The largest absolute Gasteiger partial charge is 0.354 e. The van der Waals surface area contributed by atoms with E-state index in [9.17, 15) is 4.79 Å². The number of aromatic nitrogens is 2. The standard InChI is InChI=1S/C15H28N4O.ClH/c1-10(2)8-19-12(4)13(11(3)18-19)7-14(20)17-9-15(5,6)16;/h10H,7-9,16H2,1-6H3,(H,17,20);1H. The van der Waals surface area contributed by atoms with Crippen LogP contribution in [0.1, 0.15) is 44.6 Å². The minimum absolute atomic E-state index is 0. The lowest BCUT2D eigenvalue weighted by Gasteiger charge is -2.18. The van der Waals surface area contributed by atoms with Crippen molar-refractivity contribution >= 4 is 18.3 Å². The van der Waals surface area contributed by atoms with Gasteiger partial charge in [0.2, 0.25) is 5.91 Å². The van der Waals surface area contributed by atoms with Gasteiger partial charge in [0.1, 0.15) is 0 Å². The van der Waals surface area contributed by atoms with Crippen LogP contribution < -0.4 is 11.1 Å². The molecular weight excluding hydrogens is 288 g/mol. The lowest BCUT2D eigenvalue weighted by atomic mass is 10.1. The predicted octanol–water partition coefficient (Wildman–Crippen LogP) is 1.97. The summed E-state index contributed by atoms with van der Waals surface area (Å²) in [5.41, 5.74) is 8.52. The lowest BCUT2D eigenvalue weighted by molar-refractivity contribution is -0.120. The summed E-state index contributed by atoms with van der Waals surface area (Å²) < 4.78 is 2.00. The minimum Gasteiger partial charge on any atom is -0.354 e. The number of nitrogens with two attached hydrogens (primary N) is 1. The fraction of sp³-hybridized carbons (Fsp3) is 0.733. The molecular formula is C15H29ClN4O. The van der Waals surface area contributed by atoms with E-state index < -0.39 is 0 Å². The van der Waals surface area contributed by atoms with Gasteiger partial charge in [0.15, 0.2) is 0 Å². The highest BCUT2D eigenvalue weighted by Crippen LogP contribution is 2.15. The second-order valence-electron chi connectivity index (χ2n) is 6.67. The molecule has 0 aromatic carbocycles.